The predicted octanol–water partition coefficient (Wildman–Crippen LogP) is 4.18. The molecule has 114 valence electrons. The maximum Gasteiger partial charge on any atom is 0.160 e. The first-order valence-corrected chi connectivity index (χ1v) is 8.02. The summed E-state index contributed by atoms with van der Waals surface area (Å²) in [5.41, 5.74) is 4.85. The van der Waals surface area contributed by atoms with Crippen molar-refractivity contribution in [2.24, 2.45) is 0 Å². The topological polar surface area (TPSA) is 29.1 Å². The normalized spacial score (nSPS) is 18.6. The van der Waals surface area contributed by atoms with Gasteiger partial charge in [0.05, 0.1) is 0 Å². The Balaban J connectivity index is 2.67. The summed E-state index contributed by atoms with van der Waals surface area (Å²) in [6.45, 7) is 10.3. The molecule has 0 unspecified atom stereocenters. The SMILES string of the molecule is CC/C=C(/C)C1(c2c(C)cccc2C(C)=O)CCNCC1. The van der Waals surface area contributed by atoms with Crippen molar-refractivity contribution in [2.45, 2.75) is 52.4 Å². The number of carbonyl (C=O) groups excluding carboxylic acids is 1. The number of piperidine rings is 1. The number of nitrogens with one attached hydrogen (secondary N) is 1. The Kier molecular flexibility index (Phi) is 5.00. The second kappa shape index (κ2) is 6.57. The van der Waals surface area contributed by atoms with Crippen molar-refractivity contribution < 1.29 is 4.79 Å². The van der Waals surface area contributed by atoms with E-state index in [0.29, 0.717) is 0 Å². The average Bonchev–Trinajstić information content (AvgIpc) is 2.47. The third kappa shape index (κ3) is 2.96. The standard InChI is InChI=1S/C19H27NO/c1-5-7-15(3)19(10-12-20-13-11-19)18-14(2)8-6-9-17(18)16(4)21/h6-9,20H,5,10-13H2,1-4H3/b15-7-. The van der Waals surface area contributed by atoms with E-state index in [1.54, 1.807) is 6.92 Å². The second-order valence-electron chi connectivity index (χ2n) is 6.18. The van der Waals surface area contributed by atoms with Crippen LogP contribution in [0.3, 0.4) is 0 Å². The van der Waals surface area contributed by atoms with Crippen LogP contribution in [-0.2, 0) is 5.41 Å². The zero-order chi connectivity index (χ0) is 15.5. The summed E-state index contributed by atoms with van der Waals surface area (Å²) in [6, 6.07) is 6.14. The van der Waals surface area contributed by atoms with Crippen molar-refractivity contribution in [3.8, 4) is 0 Å². The molecule has 1 heterocycles. The minimum Gasteiger partial charge on any atom is -0.317 e. The van der Waals surface area contributed by atoms with Crippen molar-refractivity contribution in [1.82, 2.24) is 5.32 Å². The Morgan fingerprint density at radius 2 is 1.95 bits per heavy atom. The van der Waals surface area contributed by atoms with E-state index in [0.717, 1.165) is 37.9 Å². The lowest BCUT2D eigenvalue weighted by Gasteiger charge is -2.41. The lowest BCUT2D eigenvalue weighted by Crippen LogP contribution is -2.42. The Labute approximate surface area is 128 Å². The van der Waals surface area contributed by atoms with Crippen molar-refractivity contribution in [3.05, 3.63) is 46.5 Å². The Morgan fingerprint density at radius 1 is 1.29 bits per heavy atom. The first kappa shape index (κ1) is 16.0. The molecule has 2 rings (SSSR count). The van der Waals surface area contributed by atoms with Crippen molar-refractivity contribution in [3.63, 3.8) is 0 Å². The van der Waals surface area contributed by atoms with Crippen molar-refractivity contribution in [1.29, 1.82) is 0 Å². The Hall–Kier alpha value is -1.41. The number of hydrogen-bond acceptors (Lipinski definition) is 2. The average molecular weight is 285 g/mol. The first-order valence-electron chi connectivity index (χ1n) is 8.02. The van der Waals surface area contributed by atoms with Gasteiger partial charge >= 0.3 is 0 Å². The third-order valence-corrected chi connectivity index (χ3v) is 4.85. The lowest BCUT2D eigenvalue weighted by atomic mass is 9.65. The fourth-order valence-electron chi connectivity index (χ4n) is 3.79. The molecule has 0 radical (unpaired) electrons. The monoisotopic (exact) mass is 285 g/mol. The summed E-state index contributed by atoms with van der Waals surface area (Å²) in [5.74, 6) is 0.177. The van der Waals surface area contributed by atoms with Crippen LogP contribution >= 0.6 is 0 Å². The summed E-state index contributed by atoms with van der Waals surface area (Å²) in [4.78, 5) is 12.1. The summed E-state index contributed by atoms with van der Waals surface area (Å²) in [7, 11) is 0. The molecule has 21 heavy (non-hydrogen) atoms. The number of ketones is 1. The van der Waals surface area contributed by atoms with Gasteiger partial charge in [-0.2, -0.15) is 0 Å². The van der Waals surface area contributed by atoms with Gasteiger partial charge in [0.1, 0.15) is 0 Å². The molecule has 0 atom stereocenters. The van der Waals surface area contributed by atoms with Crippen LogP contribution in [0.1, 0.15) is 61.5 Å². The highest BCUT2D eigenvalue weighted by atomic mass is 16.1. The minimum atomic E-state index is 0.0214. The highest BCUT2D eigenvalue weighted by Gasteiger charge is 2.38. The molecule has 1 saturated heterocycles. The van der Waals surface area contributed by atoms with Crippen LogP contribution in [0.2, 0.25) is 0 Å². The molecule has 0 saturated carbocycles. The number of allylic oxidation sites excluding steroid dienone is 2. The highest BCUT2D eigenvalue weighted by molar-refractivity contribution is 5.96. The quantitative estimate of drug-likeness (QED) is 0.664. The number of carbonyl (C=O) groups is 1. The van der Waals surface area contributed by atoms with E-state index in [4.69, 9.17) is 0 Å². The van der Waals surface area contributed by atoms with Crippen LogP contribution in [-0.4, -0.2) is 18.9 Å². The van der Waals surface area contributed by atoms with Crippen molar-refractivity contribution in [2.75, 3.05) is 13.1 Å². The number of aryl methyl sites for hydroxylation is 1. The molecule has 2 nitrogen and oxygen atoms in total. The molecular weight excluding hydrogens is 258 g/mol. The van der Waals surface area contributed by atoms with E-state index in [1.807, 2.05) is 12.1 Å². The molecule has 1 fully saturated rings. The van der Waals surface area contributed by atoms with Gasteiger partial charge in [-0.15, -0.1) is 0 Å². The molecular formula is C19H27NO. The smallest absolute Gasteiger partial charge is 0.160 e. The molecule has 1 aliphatic heterocycles. The van der Waals surface area contributed by atoms with Gasteiger partial charge in [-0.05, 0) is 64.3 Å². The van der Waals surface area contributed by atoms with E-state index in [2.05, 4.69) is 38.2 Å². The fraction of sp³-hybridized carbons (Fsp3) is 0.526. The van der Waals surface area contributed by atoms with E-state index in [9.17, 15) is 4.79 Å². The minimum absolute atomic E-state index is 0.0214. The van der Waals surface area contributed by atoms with Gasteiger partial charge in [0.2, 0.25) is 0 Å². The van der Waals surface area contributed by atoms with Gasteiger partial charge in [-0.1, -0.05) is 36.8 Å². The van der Waals surface area contributed by atoms with Crippen LogP contribution in [0.15, 0.2) is 29.8 Å². The van der Waals surface area contributed by atoms with Gasteiger partial charge in [0.15, 0.2) is 5.78 Å². The van der Waals surface area contributed by atoms with Crippen molar-refractivity contribution >= 4 is 5.78 Å². The maximum absolute atomic E-state index is 12.1. The molecule has 0 amide bonds. The summed E-state index contributed by atoms with van der Waals surface area (Å²) >= 11 is 0. The van der Waals surface area contributed by atoms with Crippen LogP contribution in [0.25, 0.3) is 0 Å². The molecule has 0 aromatic heterocycles. The van der Waals surface area contributed by atoms with Crippen LogP contribution < -0.4 is 5.32 Å². The lowest BCUT2D eigenvalue weighted by molar-refractivity contribution is 0.101. The largest absolute Gasteiger partial charge is 0.317 e. The molecule has 0 aliphatic carbocycles. The maximum atomic E-state index is 12.1. The zero-order valence-electron chi connectivity index (χ0n) is 13.8. The predicted molar refractivity (Wildman–Crippen MR) is 89.0 cm³/mol. The number of rotatable bonds is 4. The van der Waals surface area contributed by atoms with Crippen LogP contribution in [0.5, 0.6) is 0 Å². The third-order valence-electron chi connectivity index (χ3n) is 4.85. The van der Waals surface area contributed by atoms with Gasteiger partial charge < -0.3 is 5.32 Å². The van der Waals surface area contributed by atoms with E-state index < -0.39 is 0 Å². The molecule has 1 N–H and O–H groups in total. The zero-order valence-corrected chi connectivity index (χ0v) is 13.8. The molecule has 2 heteroatoms. The highest BCUT2D eigenvalue weighted by Crippen LogP contribution is 2.43. The molecule has 0 spiro atoms. The fourth-order valence-corrected chi connectivity index (χ4v) is 3.79. The number of benzene rings is 1. The molecule has 0 bridgehead atoms. The summed E-state index contributed by atoms with van der Waals surface area (Å²) in [5, 5.41) is 3.46. The molecule has 1 aliphatic rings. The van der Waals surface area contributed by atoms with Gasteiger partial charge in [0, 0.05) is 11.0 Å². The second-order valence-corrected chi connectivity index (χ2v) is 6.18. The van der Waals surface area contributed by atoms with Crippen LogP contribution in [0, 0.1) is 6.92 Å². The Bertz CT molecular complexity index is 551. The Morgan fingerprint density at radius 3 is 2.52 bits per heavy atom. The summed E-state index contributed by atoms with van der Waals surface area (Å²) < 4.78 is 0. The van der Waals surface area contributed by atoms with Gasteiger partial charge in [0.25, 0.3) is 0 Å². The van der Waals surface area contributed by atoms with E-state index >= 15 is 0 Å². The number of Topliss-reactive ketones (excluding diaryl/α,β-unsaturated/α-hetero) is 1. The van der Waals surface area contributed by atoms with Gasteiger partial charge in [-0.25, -0.2) is 0 Å². The number of hydrogen-bond donors (Lipinski definition) is 1. The first-order chi connectivity index (χ1) is 10.0. The van der Waals surface area contributed by atoms with E-state index in [-0.39, 0.29) is 11.2 Å². The van der Waals surface area contributed by atoms with E-state index in [1.165, 1.54) is 16.7 Å². The summed E-state index contributed by atoms with van der Waals surface area (Å²) in [6.07, 6.45) is 5.52. The molecule has 1 aromatic carbocycles. The van der Waals surface area contributed by atoms with Gasteiger partial charge in [-0.3, -0.25) is 4.79 Å². The molecule has 1 aromatic rings. The van der Waals surface area contributed by atoms with Crippen LogP contribution in [0.4, 0.5) is 0 Å².